The molecule has 1 heterocycles. The molecular weight excluding hydrogens is 316 g/mol. The summed E-state index contributed by atoms with van der Waals surface area (Å²) >= 11 is 0. The van der Waals surface area contributed by atoms with Crippen LogP contribution < -0.4 is 5.32 Å². The van der Waals surface area contributed by atoms with Gasteiger partial charge in [-0.25, -0.2) is 0 Å². The molecule has 142 valence electrons. The summed E-state index contributed by atoms with van der Waals surface area (Å²) in [6.07, 6.45) is 19.6. The highest BCUT2D eigenvalue weighted by atomic mass is 15.2. The molecule has 0 aromatic rings. The van der Waals surface area contributed by atoms with Gasteiger partial charge in [0.2, 0.25) is 0 Å². The van der Waals surface area contributed by atoms with E-state index in [4.69, 9.17) is 0 Å². The molecule has 0 amide bonds. The Morgan fingerprint density at radius 2 is 2.04 bits per heavy atom. The summed E-state index contributed by atoms with van der Waals surface area (Å²) in [4.78, 5) is 2.64. The van der Waals surface area contributed by atoms with E-state index in [-0.39, 0.29) is 0 Å². The molecule has 1 aliphatic heterocycles. The highest BCUT2D eigenvalue weighted by Gasteiger charge is 2.24. The Morgan fingerprint density at radius 3 is 2.77 bits per heavy atom. The lowest BCUT2D eigenvalue weighted by atomic mass is 9.98. The third-order valence-corrected chi connectivity index (χ3v) is 5.64. The van der Waals surface area contributed by atoms with Crippen molar-refractivity contribution in [2.45, 2.75) is 57.5 Å². The van der Waals surface area contributed by atoms with Crippen molar-refractivity contribution in [3.63, 3.8) is 0 Å². The fourth-order valence-electron chi connectivity index (χ4n) is 4.17. The summed E-state index contributed by atoms with van der Waals surface area (Å²) in [5.41, 5.74) is 4.27. The van der Waals surface area contributed by atoms with E-state index in [1.165, 1.54) is 55.4 Å². The van der Waals surface area contributed by atoms with Crippen LogP contribution in [0.3, 0.4) is 0 Å². The molecule has 2 rings (SSSR count). The first-order valence-corrected chi connectivity index (χ1v) is 10.1. The highest BCUT2D eigenvalue weighted by molar-refractivity contribution is 5.32. The summed E-state index contributed by atoms with van der Waals surface area (Å²) in [6.45, 7) is 17.1. The van der Waals surface area contributed by atoms with Crippen molar-refractivity contribution in [1.82, 2.24) is 10.2 Å². The molecule has 1 fully saturated rings. The van der Waals surface area contributed by atoms with Gasteiger partial charge in [-0.15, -0.1) is 0 Å². The van der Waals surface area contributed by atoms with Gasteiger partial charge < -0.3 is 5.32 Å². The molecule has 0 saturated carbocycles. The maximum atomic E-state index is 3.95. The quantitative estimate of drug-likeness (QED) is 0.534. The molecule has 2 heteroatoms. The molecule has 1 N–H and O–H groups in total. The molecule has 2 nitrogen and oxygen atoms in total. The minimum Gasteiger partial charge on any atom is -0.313 e. The van der Waals surface area contributed by atoms with E-state index < -0.39 is 0 Å². The SMILES string of the molecule is C=C/C=C\C1=C(C)CC(NCCC2CCCCN2C/C(C=C)=C/C=C)C1. The van der Waals surface area contributed by atoms with Crippen LogP contribution >= 0.6 is 0 Å². The van der Waals surface area contributed by atoms with E-state index in [0.29, 0.717) is 12.1 Å². The van der Waals surface area contributed by atoms with Crippen LogP contribution in [0.4, 0.5) is 0 Å². The second-order valence-corrected chi connectivity index (χ2v) is 7.55. The summed E-state index contributed by atoms with van der Waals surface area (Å²) in [5.74, 6) is 0. The van der Waals surface area contributed by atoms with Gasteiger partial charge in [0.15, 0.2) is 0 Å². The number of allylic oxidation sites excluding steroid dienone is 5. The Bertz CT molecular complexity index is 579. The van der Waals surface area contributed by atoms with E-state index in [0.717, 1.165) is 19.5 Å². The number of nitrogens with one attached hydrogen (secondary N) is 1. The Hall–Kier alpha value is -1.64. The molecule has 26 heavy (non-hydrogen) atoms. The van der Waals surface area contributed by atoms with Crippen molar-refractivity contribution < 1.29 is 0 Å². The second kappa shape index (κ2) is 11.2. The van der Waals surface area contributed by atoms with Gasteiger partial charge in [-0.1, -0.05) is 68.2 Å². The van der Waals surface area contributed by atoms with Crippen molar-refractivity contribution in [3.8, 4) is 0 Å². The molecular formula is C24H36N2. The number of nitrogens with zero attached hydrogens (tertiary/aromatic N) is 1. The van der Waals surface area contributed by atoms with Crippen LogP contribution in [-0.2, 0) is 0 Å². The smallest absolute Gasteiger partial charge is 0.0236 e. The molecule has 2 aliphatic rings. The van der Waals surface area contributed by atoms with Crippen LogP contribution in [0.25, 0.3) is 0 Å². The summed E-state index contributed by atoms with van der Waals surface area (Å²) in [7, 11) is 0. The Kier molecular flexibility index (Phi) is 8.87. The fraction of sp³-hybridized carbons (Fsp3) is 0.500. The van der Waals surface area contributed by atoms with Crippen LogP contribution in [0.2, 0.25) is 0 Å². The average Bonchev–Trinajstić information content (AvgIpc) is 3.00. The van der Waals surface area contributed by atoms with E-state index in [1.54, 1.807) is 0 Å². The first-order valence-electron chi connectivity index (χ1n) is 10.1. The molecule has 0 aromatic carbocycles. The summed E-state index contributed by atoms with van der Waals surface area (Å²) < 4.78 is 0. The van der Waals surface area contributed by atoms with Crippen LogP contribution in [0.1, 0.15) is 45.4 Å². The van der Waals surface area contributed by atoms with Gasteiger partial charge in [0, 0.05) is 18.6 Å². The molecule has 0 aromatic heterocycles. The van der Waals surface area contributed by atoms with Crippen molar-refractivity contribution in [2.75, 3.05) is 19.6 Å². The van der Waals surface area contributed by atoms with Crippen molar-refractivity contribution in [2.24, 2.45) is 0 Å². The molecule has 0 bridgehead atoms. The Morgan fingerprint density at radius 1 is 1.19 bits per heavy atom. The monoisotopic (exact) mass is 352 g/mol. The first kappa shape index (κ1) is 20.7. The van der Waals surface area contributed by atoms with Gasteiger partial charge >= 0.3 is 0 Å². The van der Waals surface area contributed by atoms with Gasteiger partial charge in [0.25, 0.3) is 0 Å². The number of hydrogen-bond donors (Lipinski definition) is 1. The number of likely N-dealkylation sites (tertiary alicyclic amines) is 1. The lowest BCUT2D eigenvalue weighted by Gasteiger charge is -2.36. The van der Waals surface area contributed by atoms with E-state index in [1.807, 2.05) is 18.2 Å². The van der Waals surface area contributed by atoms with Gasteiger partial charge in [-0.3, -0.25) is 4.90 Å². The largest absolute Gasteiger partial charge is 0.313 e. The molecule has 1 saturated heterocycles. The third kappa shape index (κ3) is 6.26. The Labute approximate surface area is 160 Å². The predicted octanol–water partition coefficient (Wildman–Crippen LogP) is 5.34. The van der Waals surface area contributed by atoms with Crippen LogP contribution in [0, 0.1) is 0 Å². The number of rotatable bonds is 10. The zero-order chi connectivity index (χ0) is 18.8. The third-order valence-electron chi connectivity index (χ3n) is 5.64. The van der Waals surface area contributed by atoms with Gasteiger partial charge in [-0.05, 0) is 63.3 Å². The molecule has 0 spiro atoms. The van der Waals surface area contributed by atoms with Crippen LogP contribution in [0.15, 0.2) is 72.9 Å². The lowest BCUT2D eigenvalue weighted by Crippen LogP contribution is -2.42. The number of hydrogen-bond acceptors (Lipinski definition) is 2. The summed E-state index contributed by atoms with van der Waals surface area (Å²) in [6, 6.07) is 1.28. The normalized spacial score (nSPS) is 25.0. The molecule has 1 aliphatic carbocycles. The average molecular weight is 353 g/mol. The van der Waals surface area contributed by atoms with Crippen molar-refractivity contribution >= 4 is 0 Å². The van der Waals surface area contributed by atoms with Crippen LogP contribution in [0.5, 0.6) is 0 Å². The van der Waals surface area contributed by atoms with Gasteiger partial charge in [0.05, 0.1) is 0 Å². The van der Waals surface area contributed by atoms with Gasteiger partial charge in [0.1, 0.15) is 0 Å². The van der Waals surface area contributed by atoms with E-state index in [9.17, 15) is 0 Å². The molecule has 2 unspecified atom stereocenters. The maximum absolute atomic E-state index is 3.95. The Balaban J connectivity index is 1.79. The highest BCUT2D eigenvalue weighted by Crippen LogP contribution is 2.27. The molecule has 0 radical (unpaired) electrons. The van der Waals surface area contributed by atoms with Gasteiger partial charge in [-0.2, -0.15) is 0 Å². The van der Waals surface area contributed by atoms with E-state index in [2.05, 4.69) is 55.1 Å². The zero-order valence-corrected chi connectivity index (χ0v) is 16.6. The maximum Gasteiger partial charge on any atom is 0.0236 e. The van der Waals surface area contributed by atoms with E-state index >= 15 is 0 Å². The zero-order valence-electron chi connectivity index (χ0n) is 16.6. The second-order valence-electron chi connectivity index (χ2n) is 7.55. The fourth-order valence-corrected chi connectivity index (χ4v) is 4.17. The lowest BCUT2D eigenvalue weighted by molar-refractivity contribution is 0.152. The minimum atomic E-state index is 0.598. The molecule has 2 atom stereocenters. The number of piperidine rings is 1. The minimum absolute atomic E-state index is 0.598. The predicted molar refractivity (Wildman–Crippen MR) is 115 cm³/mol. The van der Waals surface area contributed by atoms with Crippen molar-refractivity contribution in [3.05, 3.63) is 72.9 Å². The van der Waals surface area contributed by atoms with Crippen molar-refractivity contribution in [1.29, 1.82) is 0 Å². The summed E-state index contributed by atoms with van der Waals surface area (Å²) in [5, 5.41) is 3.80. The van der Waals surface area contributed by atoms with Crippen LogP contribution in [-0.4, -0.2) is 36.6 Å². The standard InChI is InChI=1S/C24H36N2/c1-5-8-12-22-18-23(17-20(22)4)25-15-14-24-13-9-10-16-26(24)19-21(7-3)11-6-2/h5-8,11-12,23-25H,1-3,9-10,13-19H2,4H3/b12-8-,21-11+. The topological polar surface area (TPSA) is 15.3 Å². The first-order chi connectivity index (χ1) is 12.7.